The third-order valence-electron chi connectivity index (χ3n) is 5.63. The molecule has 6 nitrogen and oxygen atoms in total. The molecule has 0 aromatic rings. The number of aliphatic hydroxyl groups is 4. The molecule has 1 aliphatic heterocycles. The molecule has 168 valence electrons. The number of aliphatic hydroxyl groups excluding tert-OH is 4. The molecule has 6 heteroatoms. The molecule has 1 rings (SSSR count). The SMILES string of the molecule is CCCCCCCCCCCCCCCCOC1OC(CO)[C@@H](O)C(O)[C@H]1O. The Morgan fingerprint density at radius 1 is 0.643 bits per heavy atom. The van der Waals surface area contributed by atoms with Gasteiger partial charge in [0.1, 0.15) is 24.4 Å². The molecule has 28 heavy (non-hydrogen) atoms. The van der Waals surface area contributed by atoms with E-state index in [1.165, 1.54) is 77.0 Å². The van der Waals surface area contributed by atoms with Crippen LogP contribution in [0.1, 0.15) is 96.8 Å². The van der Waals surface area contributed by atoms with Gasteiger partial charge < -0.3 is 29.9 Å². The normalized spacial score (nSPS) is 28.0. The smallest absolute Gasteiger partial charge is 0.186 e. The van der Waals surface area contributed by atoms with E-state index in [-0.39, 0.29) is 0 Å². The zero-order valence-electron chi connectivity index (χ0n) is 17.8. The van der Waals surface area contributed by atoms with E-state index in [0.29, 0.717) is 6.61 Å². The van der Waals surface area contributed by atoms with Crippen molar-refractivity contribution in [3.63, 3.8) is 0 Å². The van der Waals surface area contributed by atoms with Gasteiger partial charge in [-0.05, 0) is 6.42 Å². The van der Waals surface area contributed by atoms with Gasteiger partial charge in [-0.2, -0.15) is 0 Å². The molecule has 0 bridgehead atoms. The van der Waals surface area contributed by atoms with Gasteiger partial charge in [0.25, 0.3) is 0 Å². The van der Waals surface area contributed by atoms with Gasteiger partial charge in [0, 0.05) is 6.61 Å². The number of unbranched alkanes of at least 4 members (excludes halogenated alkanes) is 13. The molecular weight excluding hydrogens is 360 g/mol. The summed E-state index contributed by atoms with van der Waals surface area (Å²) in [6.07, 6.45) is 12.1. The third-order valence-corrected chi connectivity index (χ3v) is 5.63. The average Bonchev–Trinajstić information content (AvgIpc) is 2.70. The molecule has 0 spiro atoms. The van der Waals surface area contributed by atoms with E-state index in [2.05, 4.69) is 6.92 Å². The van der Waals surface area contributed by atoms with Crippen molar-refractivity contribution in [2.45, 2.75) is 128 Å². The first kappa shape index (κ1) is 25.8. The molecule has 0 aromatic carbocycles. The summed E-state index contributed by atoms with van der Waals surface area (Å²) >= 11 is 0. The summed E-state index contributed by atoms with van der Waals surface area (Å²) in [5, 5.41) is 38.5. The van der Waals surface area contributed by atoms with E-state index in [9.17, 15) is 15.3 Å². The maximum atomic E-state index is 9.89. The predicted octanol–water partition coefficient (Wildman–Crippen LogP) is 3.28. The first-order chi connectivity index (χ1) is 13.6. The molecule has 4 N–H and O–H groups in total. The van der Waals surface area contributed by atoms with Crippen LogP contribution in [-0.4, -0.2) is 64.3 Å². The van der Waals surface area contributed by atoms with Crippen LogP contribution in [0.15, 0.2) is 0 Å². The van der Waals surface area contributed by atoms with Crippen molar-refractivity contribution in [1.82, 2.24) is 0 Å². The lowest BCUT2D eigenvalue weighted by Gasteiger charge is -2.39. The maximum absolute atomic E-state index is 9.89. The molecule has 0 amide bonds. The molecule has 1 saturated heterocycles. The Labute approximate surface area is 171 Å². The van der Waals surface area contributed by atoms with Crippen LogP contribution in [0, 0.1) is 0 Å². The zero-order chi connectivity index (χ0) is 20.6. The Kier molecular flexibility index (Phi) is 15.2. The molecule has 0 saturated carbocycles. The highest BCUT2D eigenvalue weighted by Gasteiger charge is 2.43. The fraction of sp³-hybridized carbons (Fsp3) is 1.00. The fourth-order valence-electron chi connectivity index (χ4n) is 3.70. The molecular formula is C22H44O6. The van der Waals surface area contributed by atoms with Crippen molar-refractivity contribution in [1.29, 1.82) is 0 Å². The molecule has 5 atom stereocenters. The zero-order valence-corrected chi connectivity index (χ0v) is 17.8. The van der Waals surface area contributed by atoms with Crippen LogP contribution in [0.5, 0.6) is 0 Å². The predicted molar refractivity (Wildman–Crippen MR) is 110 cm³/mol. The van der Waals surface area contributed by atoms with Crippen LogP contribution >= 0.6 is 0 Å². The van der Waals surface area contributed by atoms with Gasteiger partial charge in [0.2, 0.25) is 0 Å². The minimum atomic E-state index is -1.37. The van der Waals surface area contributed by atoms with Crippen LogP contribution < -0.4 is 0 Å². The van der Waals surface area contributed by atoms with E-state index in [4.69, 9.17) is 14.6 Å². The van der Waals surface area contributed by atoms with Gasteiger partial charge >= 0.3 is 0 Å². The second kappa shape index (κ2) is 16.5. The Morgan fingerprint density at radius 2 is 1.11 bits per heavy atom. The number of ether oxygens (including phenoxy) is 2. The highest BCUT2D eigenvalue weighted by Crippen LogP contribution is 2.22. The maximum Gasteiger partial charge on any atom is 0.186 e. The summed E-state index contributed by atoms with van der Waals surface area (Å²) < 4.78 is 10.8. The topological polar surface area (TPSA) is 99.4 Å². The lowest BCUT2D eigenvalue weighted by molar-refractivity contribution is -0.301. The highest BCUT2D eigenvalue weighted by molar-refractivity contribution is 4.88. The van der Waals surface area contributed by atoms with Crippen molar-refractivity contribution in [2.75, 3.05) is 13.2 Å². The van der Waals surface area contributed by atoms with Crippen LogP contribution in [0.25, 0.3) is 0 Å². The second-order valence-electron chi connectivity index (χ2n) is 8.16. The fourth-order valence-corrected chi connectivity index (χ4v) is 3.70. The second-order valence-corrected chi connectivity index (χ2v) is 8.16. The summed E-state index contributed by atoms with van der Waals surface area (Å²) in [6.45, 7) is 2.26. The number of rotatable bonds is 17. The summed E-state index contributed by atoms with van der Waals surface area (Å²) in [4.78, 5) is 0. The molecule has 0 aliphatic carbocycles. The lowest BCUT2D eigenvalue weighted by atomic mass is 9.99. The standard InChI is InChI=1S/C22H44O6/c1-2-3-4-5-6-7-8-9-10-11-12-13-14-15-16-27-22-21(26)20(25)19(24)18(17-23)28-22/h18-26H,2-17H2,1H3/t18?,19-,20?,21-,22?/m1/s1. The van der Waals surface area contributed by atoms with Gasteiger partial charge in [0.05, 0.1) is 6.61 Å². The largest absolute Gasteiger partial charge is 0.394 e. The van der Waals surface area contributed by atoms with Crippen molar-refractivity contribution in [2.24, 2.45) is 0 Å². The monoisotopic (exact) mass is 404 g/mol. The van der Waals surface area contributed by atoms with Gasteiger partial charge in [0.15, 0.2) is 6.29 Å². The van der Waals surface area contributed by atoms with E-state index < -0.39 is 37.3 Å². The van der Waals surface area contributed by atoms with Crippen molar-refractivity contribution >= 4 is 0 Å². The summed E-state index contributed by atoms with van der Waals surface area (Å²) in [5.41, 5.74) is 0. The average molecular weight is 405 g/mol. The first-order valence-corrected chi connectivity index (χ1v) is 11.5. The Bertz CT molecular complexity index is 352. The van der Waals surface area contributed by atoms with Crippen molar-refractivity contribution in [3.8, 4) is 0 Å². The molecule has 1 heterocycles. The summed E-state index contributed by atoms with van der Waals surface area (Å²) in [6, 6.07) is 0. The first-order valence-electron chi connectivity index (χ1n) is 11.5. The molecule has 1 fully saturated rings. The quantitative estimate of drug-likeness (QED) is 0.278. The van der Waals surface area contributed by atoms with Crippen molar-refractivity contribution in [3.05, 3.63) is 0 Å². The van der Waals surface area contributed by atoms with Gasteiger partial charge in [-0.25, -0.2) is 0 Å². The van der Waals surface area contributed by atoms with Crippen LogP contribution in [0.3, 0.4) is 0 Å². The van der Waals surface area contributed by atoms with Gasteiger partial charge in [-0.3, -0.25) is 0 Å². The van der Waals surface area contributed by atoms with E-state index in [0.717, 1.165) is 12.8 Å². The minimum absolute atomic E-state index is 0.427. The Balaban J connectivity index is 1.90. The molecule has 1 aliphatic rings. The summed E-state index contributed by atoms with van der Waals surface area (Å²) in [5.74, 6) is 0. The Morgan fingerprint density at radius 3 is 1.57 bits per heavy atom. The Hall–Kier alpha value is -0.240. The van der Waals surface area contributed by atoms with E-state index in [1.54, 1.807) is 0 Å². The van der Waals surface area contributed by atoms with Crippen LogP contribution in [0.2, 0.25) is 0 Å². The van der Waals surface area contributed by atoms with Gasteiger partial charge in [-0.15, -0.1) is 0 Å². The van der Waals surface area contributed by atoms with Crippen molar-refractivity contribution < 1.29 is 29.9 Å². The lowest BCUT2D eigenvalue weighted by Crippen LogP contribution is -2.59. The van der Waals surface area contributed by atoms with E-state index in [1.807, 2.05) is 0 Å². The molecule has 3 unspecified atom stereocenters. The van der Waals surface area contributed by atoms with Crippen LogP contribution in [-0.2, 0) is 9.47 Å². The minimum Gasteiger partial charge on any atom is -0.394 e. The van der Waals surface area contributed by atoms with Gasteiger partial charge in [-0.1, -0.05) is 90.4 Å². The van der Waals surface area contributed by atoms with Crippen LogP contribution in [0.4, 0.5) is 0 Å². The summed E-state index contributed by atoms with van der Waals surface area (Å²) in [7, 11) is 0. The molecule has 0 radical (unpaired) electrons. The number of hydrogen-bond acceptors (Lipinski definition) is 6. The number of hydrogen-bond donors (Lipinski definition) is 4. The van der Waals surface area contributed by atoms with E-state index >= 15 is 0 Å². The highest BCUT2D eigenvalue weighted by atomic mass is 16.7. The molecule has 0 aromatic heterocycles. The third kappa shape index (κ3) is 10.5.